The van der Waals surface area contributed by atoms with Crippen LogP contribution < -0.4 is 5.32 Å². The van der Waals surface area contributed by atoms with E-state index in [0.717, 1.165) is 51.3 Å². The summed E-state index contributed by atoms with van der Waals surface area (Å²) in [6, 6.07) is 4.55. The summed E-state index contributed by atoms with van der Waals surface area (Å²) in [4.78, 5) is 16.7. The summed E-state index contributed by atoms with van der Waals surface area (Å²) < 4.78 is 13.1. The molecular weight excluding hydrogens is 341 g/mol. The lowest BCUT2D eigenvalue weighted by molar-refractivity contribution is -0.133. The predicted molar refractivity (Wildman–Crippen MR) is 98.1 cm³/mol. The van der Waals surface area contributed by atoms with Gasteiger partial charge in [0.15, 0.2) is 0 Å². The number of nitrogens with one attached hydrogen (secondary N) is 1. The second-order valence-electron chi connectivity index (χ2n) is 7.12. The second-order valence-corrected chi connectivity index (χ2v) is 7.53. The minimum absolute atomic E-state index is 0.290. The third-order valence-corrected chi connectivity index (χ3v) is 5.71. The maximum Gasteiger partial charge on any atom is 0.222 e. The molecule has 2 heterocycles. The van der Waals surface area contributed by atoms with Gasteiger partial charge in [0.05, 0.1) is 0 Å². The second kappa shape index (κ2) is 8.97. The number of benzene rings is 1. The van der Waals surface area contributed by atoms with Gasteiger partial charge in [-0.1, -0.05) is 17.7 Å². The van der Waals surface area contributed by atoms with Gasteiger partial charge >= 0.3 is 0 Å². The smallest absolute Gasteiger partial charge is 0.222 e. The van der Waals surface area contributed by atoms with Gasteiger partial charge in [0.25, 0.3) is 0 Å². The minimum Gasteiger partial charge on any atom is -0.340 e. The fraction of sp³-hybridized carbons (Fsp3) is 0.632. The van der Waals surface area contributed by atoms with Crippen molar-refractivity contribution in [3.63, 3.8) is 0 Å². The third kappa shape index (κ3) is 5.40. The van der Waals surface area contributed by atoms with Crippen LogP contribution in [0.2, 0.25) is 5.02 Å². The topological polar surface area (TPSA) is 35.6 Å². The maximum atomic E-state index is 13.1. The van der Waals surface area contributed by atoms with Crippen molar-refractivity contribution in [3.8, 4) is 0 Å². The van der Waals surface area contributed by atoms with Crippen molar-refractivity contribution in [3.05, 3.63) is 34.6 Å². The van der Waals surface area contributed by atoms with E-state index >= 15 is 0 Å². The molecule has 0 unspecified atom stereocenters. The molecule has 138 valence electrons. The monoisotopic (exact) mass is 367 g/mol. The highest BCUT2D eigenvalue weighted by Gasteiger charge is 2.22. The van der Waals surface area contributed by atoms with Gasteiger partial charge in [-0.15, -0.1) is 0 Å². The van der Waals surface area contributed by atoms with E-state index in [0.29, 0.717) is 23.9 Å². The van der Waals surface area contributed by atoms with Crippen molar-refractivity contribution in [2.24, 2.45) is 5.92 Å². The van der Waals surface area contributed by atoms with Crippen molar-refractivity contribution < 1.29 is 9.18 Å². The first-order valence-electron chi connectivity index (χ1n) is 9.26. The summed E-state index contributed by atoms with van der Waals surface area (Å²) in [7, 11) is 0. The zero-order valence-corrected chi connectivity index (χ0v) is 15.4. The molecule has 0 aliphatic carbocycles. The normalized spacial score (nSPS) is 20.0. The van der Waals surface area contributed by atoms with Crippen LogP contribution in [0.3, 0.4) is 0 Å². The number of halogens is 2. The summed E-state index contributed by atoms with van der Waals surface area (Å²) >= 11 is 6.11. The molecule has 1 aromatic rings. The molecule has 25 heavy (non-hydrogen) atoms. The van der Waals surface area contributed by atoms with Crippen LogP contribution in [0.5, 0.6) is 0 Å². The molecule has 0 spiro atoms. The Morgan fingerprint density at radius 1 is 1.20 bits per heavy atom. The fourth-order valence-electron chi connectivity index (χ4n) is 3.70. The molecule has 0 atom stereocenters. The molecule has 4 nitrogen and oxygen atoms in total. The minimum atomic E-state index is -0.307. The molecule has 2 aliphatic rings. The van der Waals surface area contributed by atoms with E-state index in [1.165, 1.54) is 25.0 Å². The number of piperazine rings is 1. The molecule has 1 N–H and O–H groups in total. The van der Waals surface area contributed by atoms with Crippen molar-refractivity contribution in [1.29, 1.82) is 0 Å². The Hall–Kier alpha value is -1.17. The Balaban J connectivity index is 1.41. The van der Waals surface area contributed by atoms with Gasteiger partial charge in [-0.2, -0.15) is 0 Å². The number of carbonyl (C=O) groups excluding carboxylic acids is 1. The molecule has 0 radical (unpaired) electrons. The molecule has 0 bridgehead atoms. The van der Waals surface area contributed by atoms with Gasteiger partial charge in [0.1, 0.15) is 5.82 Å². The van der Waals surface area contributed by atoms with E-state index in [2.05, 4.69) is 10.2 Å². The Kier molecular flexibility index (Phi) is 6.68. The summed E-state index contributed by atoms with van der Waals surface area (Å²) in [5.41, 5.74) is 0.939. The zero-order chi connectivity index (χ0) is 17.6. The van der Waals surface area contributed by atoms with Crippen LogP contribution >= 0.6 is 11.6 Å². The molecule has 2 aliphatic heterocycles. The molecule has 0 aromatic heterocycles. The molecular formula is C19H27ClFN3O. The standard InChI is InChI=1S/C19H27ClFN3O/c20-18-13-17(21)3-2-16(18)14-23-9-11-24(12-10-23)19(25)4-1-15-5-7-22-8-6-15/h2-3,13,15,22H,1,4-12,14H2. The van der Waals surface area contributed by atoms with E-state index in [4.69, 9.17) is 11.6 Å². The predicted octanol–water partition coefficient (Wildman–Crippen LogP) is 2.90. The molecule has 3 rings (SSSR count). The lowest BCUT2D eigenvalue weighted by atomic mass is 9.93. The number of hydrogen-bond acceptors (Lipinski definition) is 3. The Morgan fingerprint density at radius 2 is 1.92 bits per heavy atom. The number of hydrogen-bond donors (Lipinski definition) is 1. The average Bonchev–Trinajstić information content (AvgIpc) is 2.63. The van der Waals surface area contributed by atoms with Gasteiger partial charge in [0, 0.05) is 44.2 Å². The average molecular weight is 368 g/mol. The fourth-order valence-corrected chi connectivity index (χ4v) is 3.93. The highest BCUT2D eigenvalue weighted by molar-refractivity contribution is 6.31. The summed E-state index contributed by atoms with van der Waals surface area (Å²) in [6.45, 7) is 6.09. The van der Waals surface area contributed by atoms with Gasteiger partial charge in [-0.25, -0.2) is 4.39 Å². The van der Waals surface area contributed by atoms with Gasteiger partial charge in [0.2, 0.25) is 5.91 Å². The van der Waals surface area contributed by atoms with Crippen LogP contribution in [-0.4, -0.2) is 55.0 Å². The maximum absolute atomic E-state index is 13.1. The zero-order valence-electron chi connectivity index (χ0n) is 14.6. The van der Waals surface area contributed by atoms with Crippen molar-refractivity contribution in [1.82, 2.24) is 15.1 Å². The van der Waals surface area contributed by atoms with Crippen LogP contribution in [0.25, 0.3) is 0 Å². The number of piperidine rings is 1. The Labute approximate surface area is 154 Å². The van der Waals surface area contributed by atoms with Crippen LogP contribution in [0.1, 0.15) is 31.2 Å². The lowest BCUT2D eigenvalue weighted by Crippen LogP contribution is -2.48. The molecule has 1 aromatic carbocycles. The van der Waals surface area contributed by atoms with Crippen LogP contribution in [0, 0.1) is 11.7 Å². The third-order valence-electron chi connectivity index (χ3n) is 5.36. The van der Waals surface area contributed by atoms with Crippen molar-refractivity contribution in [2.75, 3.05) is 39.3 Å². The molecule has 2 saturated heterocycles. The van der Waals surface area contributed by atoms with Gasteiger partial charge < -0.3 is 10.2 Å². The van der Waals surface area contributed by atoms with Gasteiger partial charge in [-0.05, 0) is 56.0 Å². The van der Waals surface area contributed by atoms with Crippen LogP contribution in [0.4, 0.5) is 4.39 Å². The van der Waals surface area contributed by atoms with E-state index in [9.17, 15) is 9.18 Å². The highest BCUT2D eigenvalue weighted by Crippen LogP contribution is 2.21. The van der Waals surface area contributed by atoms with E-state index in [1.54, 1.807) is 6.07 Å². The first kappa shape index (κ1) is 18.6. The number of amides is 1. The van der Waals surface area contributed by atoms with Crippen molar-refractivity contribution >= 4 is 17.5 Å². The molecule has 0 saturated carbocycles. The van der Waals surface area contributed by atoms with Crippen LogP contribution in [0.15, 0.2) is 18.2 Å². The Bertz CT molecular complexity index is 584. The first-order chi connectivity index (χ1) is 12.1. The highest BCUT2D eigenvalue weighted by atomic mass is 35.5. The molecule has 2 fully saturated rings. The summed E-state index contributed by atoms with van der Waals surface area (Å²) in [5, 5.41) is 3.84. The van der Waals surface area contributed by atoms with Crippen LogP contribution in [-0.2, 0) is 11.3 Å². The number of rotatable bonds is 5. The van der Waals surface area contributed by atoms with Crippen molar-refractivity contribution in [2.45, 2.75) is 32.2 Å². The van der Waals surface area contributed by atoms with Gasteiger partial charge in [-0.3, -0.25) is 9.69 Å². The molecule has 6 heteroatoms. The van der Waals surface area contributed by atoms with E-state index in [1.807, 2.05) is 4.90 Å². The van der Waals surface area contributed by atoms with E-state index < -0.39 is 0 Å². The Morgan fingerprint density at radius 3 is 2.60 bits per heavy atom. The summed E-state index contributed by atoms with van der Waals surface area (Å²) in [5.74, 6) is 0.683. The summed E-state index contributed by atoms with van der Waals surface area (Å²) in [6.07, 6.45) is 4.08. The first-order valence-corrected chi connectivity index (χ1v) is 9.64. The molecule has 1 amide bonds. The lowest BCUT2D eigenvalue weighted by Gasteiger charge is -2.35. The SMILES string of the molecule is O=C(CCC1CCNCC1)N1CCN(Cc2ccc(F)cc2Cl)CC1. The largest absolute Gasteiger partial charge is 0.340 e. The number of carbonyl (C=O) groups is 1. The quantitative estimate of drug-likeness (QED) is 0.869. The number of nitrogens with zero attached hydrogens (tertiary/aromatic N) is 2. The van der Waals surface area contributed by atoms with E-state index in [-0.39, 0.29) is 11.7 Å².